The van der Waals surface area contributed by atoms with Gasteiger partial charge in [0.2, 0.25) is 0 Å². The van der Waals surface area contributed by atoms with Gasteiger partial charge in [-0.25, -0.2) is 4.79 Å². The normalized spacial score (nSPS) is 14.7. The highest BCUT2D eigenvalue weighted by Crippen LogP contribution is 2.32. The van der Waals surface area contributed by atoms with Crippen LogP contribution in [0.3, 0.4) is 0 Å². The van der Waals surface area contributed by atoms with Gasteiger partial charge in [-0.15, -0.1) is 0 Å². The number of esters is 1. The van der Waals surface area contributed by atoms with Crippen LogP contribution in [-0.4, -0.2) is 47.5 Å². The van der Waals surface area contributed by atoms with Crippen LogP contribution in [-0.2, 0) is 4.74 Å². The van der Waals surface area contributed by atoms with Crippen molar-refractivity contribution in [2.45, 2.75) is 26.6 Å². The molecule has 1 fully saturated rings. The van der Waals surface area contributed by atoms with Gasteiger partial charge in [0.1, 0.15) is 0 Å². The Labute approximate surface area is 160 Å². The molecule has 0 amide bonds. The third-order valence-corrected chi connectivity index (χ3v) is 4.88. The zero-order valence-electron chi connectivity index (χ0n) is 15.9. The molecule has 140 valence electrons. The molecular formula is C21H25BN2O3. The minimum Gasteiger partial charge on any atom is -0.462 e. The third-order valence-electron chi connectivity index (χ3n) is 4.88. The molecule has 0 bridgehead atoms. The smallest absolute Gasteiger partial charge is 0.376 e. The summed E-state index contributed by atoms with van der Waals surface area (Å²) in [5, 5.41) is 9.83. The number of carbonyl (C=O) groups is 1. The van der Waals surface area contributed by atoms with E-state index in [0.29, 0.717) is 12.2 Å². The summed E-state index contributed by atoms with van der Waals surface area (Å²) in [6, 6.07) is 12.1. The molecular weight excluding hydrogens is 339 g/mol. The Morgan fingerprint density at radius 2 is 1.81 bits per heavy atom. The van der Waals surface area contributed by atoms with E-state index in [4.69, 9.17) is 4.74 Å². The quantitative estimate of drug-likeness (QED) is 0.652. The van der Waals surface area contributed by atoms with Gasteiger partial charge in [0.15, 0.2) is 0 Å². The molecule has 1 aromatic heterocycles. The number of benzene rings is 1. The van der Waals surface area contributed by atoms with E-state index in [1.54, 1.807) is 26.1 Å². The van der Waals surface area contributed by atoms with Gasteiger partial charge in [-0.1, -0.05) is 35.9 Å². The van der Waals surface area contributed by atoms with E-state index in [1.165, 1.54) is 5.57 Å². The molecule has 0 saturated carbocycles. The van der Waals surface area contributed by atoms with E-state index >= 15 is 0 Å². The maximum Gasteiger partial charge on any atom is 0.376 e. The van der Waals surface area contributed by atoms with Gasteiger partial charge in [0.25, 0.3) is 0 Å². The lowest BCUT2D eigenvalue weighted by molar-refractivity contribution is 0.0526. The highest BCUT2D eigenvalue weighted by molar-refractivity contribution is 6.45. The largest absolute Gasteiger partial charge is 0.462 e. The molecule has 1 saturated heterocycles. The maximum atomic E-state index is 12.1. The number of ether oxygens (including phenoxy) is 1. The Bertz CT molecular complexity index is 811. The van der Waals surface area contributed by atoms with Crippen molar-refractivity contribution in [1.82, 2.24) is 9.79 Å². The predicted octanol–water partition coefficient (Wildman–Crippen LogP) is 3.27. The van der Waals surface area contributed by atoms with E-state index in [2.05, 4.69) is 21.9 Å². The number of pyridine rings is 1. The fraction of sp³-hybridized carbons (Fsp3) is 0.333. The van der Waals surface area contributed by atoms with Crippen LogP contribution >= 0.6 is 0 Å². The summed E-state index contributed by atoms with van der Waals surface area (Å²) in [6.45, 7) is 5.57. The van der Waals surface area contributed by atoms with E-state index in [0.717, 1.165) is 42.6 Å². The van der Waals surface area contributed by atoms with Crippen LogP contribution in [0.15, 0.2) is 54.4 Å². The molecule has 0 atom stereocenters. The second kappa shape index (κ2) is 8.97. The van der Waals surface area contributed by atoms with Gasteiger partial charge < -0.3 is 14.6 Å². The molecule has 5 nitrogen and oxygen atoms in total. The molecule has 1 aliphatic heterocycles. The summed E-state index contributed by atoms with van der Waals surface area (Å²) in [4.78, 5) is 18.5. The molecule has 27 heavy (non-hydrogen) atoms. The number of hydrogen-bond acceptors (Lipinski definition) is 5. The number of aromatic nitrogens is 1. The molecule has 1 aromatic carbocycles. The van der Waals surface area contributed by atoms with Crippen LogP contribution in [0.2, 0.25) is 6.82 Å². The van der Waals surface area contributed by atoms with Gasteiger partial charge in [-0.3, -0.25) is 4.98 Å². The van der Waals surface area contributed by atoms with Crippen LogP contribution in [0.1, 0.15) is 41.3 Å². The van der Waals surface area contributed by atoms with Gasteiger partial charge in [0, 0.05) is 18.0 Å². The summed E-state index contributed by atoms with van der Waals surface area (Å²) in [7, 11) is -0.430. The maximum absolute atomic E-state index is 12.1. The molecule has 0 unspecified atom stereocenters. The van der Waals surface area contributed by atoms with E-state index in [1.807, 2.05) is 24.3 Å². The van der Waals surface area contributed by atoms with E-state index in [9.17, 15) is 9.82 Å². The van der Waals surface area contributed by atoms with Crippen molar-refractivity contribution < 1.29 is 14.6 Å². The lowest BCUT2D eigenvalue weighted by Crippen LogP contribution is -2.41. The standard InChI is InChI=1S/C21H25BN2O3/c1-3-27-21(25)19-13-18(14-23-15-19)20(16-7-5-4-6-8-16)17-9-11-24(12-10-17)22(2)26/h4-8,13-15,26H,3,9-12H2,1-2H3. The van der Waals surface area contributed by atoms with Gasteiger partial charge in [-0.05, 0) is 56.9 Å². The fourth-order valence-electron chi connectivity index (χ4n) is 3.50. The highest BCUT2D eigenvalue weighted by Gasteiger charge is 2.23. The van der Waals surface area contributed by atoms with Crippen molar-refractivity contribution >= 4 is 18.6 Å². The van der Waals surface area contributed by atoms with Crippen molar-refractivity contribution in [3.63, 3.8) is 0 Å². The van der Waals surface area contributed by atoms with Crippen LogP contribution in [0.5, 0.6) is 0 Å². The number of nitrogens with zero attached hydrogens (tertiary/aromatic N) is 2. The van der Waals surface area contributed by atoms with Crippen molar-refractivity contribution in [1.29, 1.82) is 0 Å². The summed E-state index contributed by atoms with van der Waals surface area (Å²) < 4.78 is 5.12. The van der Waals surface area contributed by atoms with Crippen LogP contribution in [0.4, 0.5) is 0 Å². The SMILES string of the molecule is CCOC(=O)c1cncc(C(=C2CCN(B(C)O)CC2)c2ccccc2)c1. The average molecular weight is 364 g/mol. The molecule has 3 rings (SSSR count). The molecule has 2 aromatic rings. The van der Waals surface area contributed by atoms with Gasteiger partial charge in [-0.2, -0.15) is 0 Å². The molecule has 0 radical (unpaired) electrons. The molecule has 0 spiro atoms. The van der Waals surface area contributed by atoms with Crippen molar-refractivity contribution in [3.05, 3.63) is 71.1 Å². The first-order valence-corrected chi connectivity index (χ1v) is 9.42. The van der Waals surface area contributed by atoms with Crippen LogP contribution < -0.4 is 0 Å². The summed E-state index contributed by atoms with van der Waals surface area (Å²) in [6.07, 6.45) is 5.10. The zero-order valence-corrected chi connectivity index (χ0v) is 15.9. The van der Waals surface area contributed by atoms with Gasteiger partial charge >= 0.3 is 13.0 Å². The summed E-state index contributed by atoms with van der Waals surface area (Å²) in [5.41, 5.74) is 4.94. The number of carbonyl (C=O) groups excluding carboxylic acids is 1. The minimum absolute atomic E-state index is 0.338. The van der Waals surface area contributed by atoms with E-state index < -0.39 is 7.05 Å². The molecule has 1 N–H and O–H groups in total. The van der Waals surface area contributed by atoms with Crippen molar-refractivity contribution in [2.24, 2.45) is 0 Å². The highest BCUT2D eigenvalue weighted by atomic mass is 16.5. The number of rotatable bonds is 5. The zero-order chi connectivity index (χ0) is 19.2. The lowest BCUT2D eigenvalue weighted by atomic mass is 9.80. The van der Waals surface area contributed by atoms with Crippen molar-refractivity contribution in [2.75, 3.05) is 19.7 Å². The summed E-state index contributed by atoms with van der Waals surface area (Å²) >= 11 is 0. The topological polar surface area (TPSA) is 62.7 Å². The average Bonchev–Trinajstić information content (AvgIpc) is 2.70. The van der Waals surface area contributed by atoms with Crippen LogP contribution in [0.25, 0.3) is 5.57 Å². The Balaban J connectivity index is 2.01. The fourth-order valence-corrected chi connectivity index (χ4v) is 3.50. The Kier molecular flexibility index (Phi) is 6.42. The number of piperidine rings is 1. The van der Waals surface area contributed by atoms with E-state index in [-0.39, 0.29) is 5.97 Å². The molecule has 1 aliphatic rings. The Morgan fingerprint density at radius 1 is 1.15 bits per heavy atom. The minimum atomic E-state index is -0.430. The van der Waals surface area contributed by atoms with Crippen molar-refractivity contribution in [3.8, 4) is 0 Å². The Morgan fingerprint density at radius 3 is 2.44 bits per heavy atom. The molecule has 0 aliphatic carbocycles. The number of hydrogen-bond donors (Lipinski definition) is 1. The first-order valence-electron chi connectivity index (χ1n) is 9.42. The van der Waals surface area contributed by atoms with Crippen LogP contribution in [0, 0.1) is 0 Å². The second-order valence-corrected chi connectivity index (χ2v) is 6.70. The lowest BCUT2D eigenvalue weighted by Gasteiger charge is -2.30. The third kappa shape index (κ3) is 4.65. The van der Waals surface area contributed by atoms with Gasteiger partial charge in [0.05, 0.1) is 12.2 Å². The molecule has 6 heteroatoms. The predicted molar refractivity (Wildman–Crippen MR) is 107 cm³/mol. The first kappa shape index (κ1) is 19.3. The summed E-state index contributed by atoms with van der Waals surface area (Å²) in [5.74, 6) is -0.354. The molecule has 2 heterocycles. The first-order chi connectivity index (χ1) is 13.1. The monoisotopic (exact) mass is 364 g/mol. The Hall–Kier alpha value is -2.44. The second-order valence-electron chi connectivity index (χ2n) is 6.70.